The number of ether oxygens (including phenoxy) is 1. The molecule has 1 aliphatic heterocycles. The van der Waals surface area contributed by atoms with Crippen LogP contribution in [0.4, 0.5) is 11.4 Å². The third kappa shape index (κ3) is 1.88. The summed E-state index contributed by atoms with van der Waals surface area (Å²) in [5.41, 5.74) is 0.619. The average molecular weight is 232 g/mol. The van der Waals surface area contributed by atoms with Gasteiger partial charge in [-0.15, -0.1) is 0 Å². The molecule has 0 spiro atoms. The third-order valence-electron chi connectivity index (χ3n) is 2.44. The Balaban J connectivity index is 2.43. The van der Waals surface area contributed by atoms with Crippen molar-refractivity contribution in [3.05, 3.63) is 28.3 Å². The maximum absolute atomic E-state index is 10.6. The van der Waals surface area contributed by atoms with Crippen LogP contribution in [-0.2, 0) is 0 Å². The molecule has 2 rings (SSSR count). The second-order valence-corrected chi connectivity index (χ2v) is 3.38. The predicted octanol–water partition coefficient (Wildman–Crippen LogP) is 1.30. The van der Waals surface area contributed by atoms with Crippen LogP contribution in [0.3, 0.4) is 0 Å². The van der Waals surface area contributed by atoms with Crippen molar-refractivity contribution in [2.75, 3.05) is 18.6 Å². The van der Waals surface area contributed by atoms with E-state index >= 15 is 0 Å². The Morgan fingerprint density at radius 2 is 2.41 bits per heavy atom. The van der Waals surface area contributed by atoms with Crippen molar-refractivity contribution >= 4 is 17.2 Å². The van der Waals surface area contributed by atoms with E-state index in [2.05, 4.69) is 4.99 Å². The van der Waals surface area contributed by atoms with Crippen molar-refractivity contribution < 1.29 is 9.66 Å². The summed E-state index contributed by atoms with van der Waals surface area (Å²) in [6, 6.07) is 4.31. The van der Waals surface area contributed by atoms with Gasteiger partial charge in [0.1, 0.15) is 6.61 Å². The highest BCUT2D eigenvalue weighted by molar-refractivity contribution is 6.01. The van der Waals surface area contributed by atoms with Gasteiger partial charge in [0.2, 0.25) is 6.19 Å². The Labute approximate surface area is 96.7 Å². The van der Waals surface area contributed by atoms with Gasteiger partial charge in [0, 0.05) is 13.1 Å². The van der Waals surface area contributed by atoms with Crippen molar-refractivity contribution in [1.29, 1.82) is 5.26 Å². The minimum absolute atomic E-state index is 0.0298. The highest BCUT2D eigenvalue weighted by Crippen LogP contribution is 2.34. The van der Waals surface area contributed by atoms with Gasteiger partial charge in [-0.05, 0) is 6.07 Å². The fourth-order valence-corrected chi connectivity index (χ4v) is 1.55. The fraction of sp³-hybridized carbons (Fsp3) is 0.200. The number of amidine groups is 1. The molecule has 0 saturated carbocycles. The quantitative estimate of drug-likeness (QED) is 0.413. The smallest absolute Gasteiger partial charge is 0.273 e. The molecule has 7 heteroatoms. The summed E-state index contributed by atoms with van der Waals surface area (Å²) in [7, 11) is 1.73. The van der Waals surface area contributed by atoms with Gasteiger partial charge < -0.3 is 9.64 Å². The lowest BCUT2D eigenvalue weighted by atomic mass is 10.2. The molecule has 86 valence electrons. The number of hydrogen-bond donors (Lipinski definition) is 0. The number of non-ortho nitro benzene ring substituents is 1. The number of nitro groups is 1. The topological polar surface area (TPSA) is 91.8 Å². The molecule has 0 fully saturated rings. The lowest BCUT2D eigenvalue weighted by Crippen LogP contribution is -2.35. The van der Waals surface area contributed by atoms with Crippen molar-refractivity contribution in [2.24, 2.45) is 4.99 Å². The maximum Gasteiger partial charge on any atom is 0.273 e. The van der Waals surface area contributed by atoms with E-state index in [4.69, 9.17) is 10.00 Å². The first-order chi connectivity index (χ1) is 8.13. The van der Waals surface area contributed by atoms with E-state index in [9.17, 15) is 10.1 Å². The summed E-state index contributed by atoms with van der Waals surface area (Å²) in [4.78, 5) is 15.4. The zero-order valence-corrected chi connectivity index (χ0v) is 8.95. The number of benzene rings is 1. The van der Waals surface area contributed by atoms with Crippen LogP contribution >= 0.6 is 0 Å². The standard InChI is InChI=1S/C10H8N4O3/c1-13-8-3-2-7(14(15)16)4-9(8)17-5-10(13)12-6-11/h2-4H,5H2,1H3. The largest absolute Gasteiger partial charge is 0.483 e. The van der Waals surface area contributed by atoms with Crippen LogP contribution in [0.2, 0.25) is 0 Å². The highest BCUT2D eigenvalue weighted by Gasteiger charge is 2.23. The number of nitriles is 1. The molecule has 1 aromatic rings. The van der Waals surface area contributed by atoms with Crippen LogP contribution in [0.1, 0.15) is 0 Å². The van der Waals surface area contributed by atoms with Gasteiger partial charge >= 0.3 is 0 Å². The molecule has 0 amide bonds. The molecule has 0 atom stereocenters. The SMILES string of the molecule is CN1C(=NC#N)COc2cc([N+](=O)[O-])ccc21. The van der Waals surface area contributed by atoms with Crippen molar-refractivity contribution in [2.45, 2.75) is 0 Å². The molecule has 0 saturated heterocycles. The Bertz CT molecular complexity index is 547. The Hall–Kier alpha value is -2.62. The molecule has 1 heterocycles. The fourth-order valence-electron chi connectivity index (χ4n) is 1.55. The number of nitro benzene ring substituents is 1. The molecule has 0 N–H and O–H groups in total. The molecular weight excluding hydrogens is 224 g/mol. The zero-order valence-electron chi connectivity index (χ0n) is 8.95. The average Bonchev–Trinajstić information content (AvgIpc) is 2.32. The second-order valence-electron chi connectivity index (χ2n) is 3.38. The maximum atomic E-state index is 10.6. The van der Waals surface area contributed by atoms with Crippen molar-refractivity contribution in [3.8, 4) is 11.9 Å². The number of aliphatic imine (C=N–C) groups is 1. The van der Waals surface area contributed by atoms with E-state index in [1.807, 2.05) is 0 Å². The molecule has 0 unspecified atom stereocenters. The van der Waals surface area contributed by atoms with E-state index in [0.29, 0.717) is 17.3 Å². The molecule has 1 aromatic carbocycles. The number of fused-ring (bicyclic) bond motifs is 1. The normalized spacial score (nSPS) is 16.0. The lowest BCUT2D eigenvalue weighted by molar-refractivity contribution is -0.384. The number of anilines is 1. The molecule has 7 nitrogen and oxygen atoms in total. The first-order valence-corrected chi connectivity index (χ1v) is 4.74. The highest BCUT2D eigenvalue weighted by atomic mass is 16.6. The van der Waals surface area contributed by atoms with Crippen LogP contribution in [-0.4, -0.2) is 24.4 Å². The molecular formula is C10H8N4O3. The molecule has 17 heavy (non-hydrogen) atoms. The van der Waals surface area contributed by atoms with Crippen LogP contribution in [0.25, 0.3) is 0 Å². The first kappa shape index (κ1) is 10.9. The molecule has 1 aliphatic rings. The van der Waals surface area contributed by atoms with Crippen molar-refractivity contribution in [1.82, 2.24) is 0 Å². The van der Waals surface area contributed by atoms with Gasteiger partial charge in [-0.25, -0.2) is 0 Å². The van der Waals surface area contributed by atoms with Crippen LogP contribution in [0.5, 0.6) is 5.75 Å². The summed E-state index contributed by atoms with van der Waals surface area (Å²) >= 11 is 0. The predicted molar refractivity (Wildman–Crippen MR) is 60.0 cm³/mol. The Morgan fingerprint density at radius 3 is 3.06 bits per heavy atom. The Morgan fingerprint density at radius 1 is 1.65 bits per heavy atom. The lowest BCUT2D eigenvalue weighted by Gasteiger charge is -2.27. The summed E-state index contributed by atoms with van der Waals surface area (Å²) in [5, 5.41) is 19.1. The molecule has 0 bridgehead atoms. The van der Waals surface area contributed by atoms with Crippen LogP contribution < -0.4 is 9.64 Å². The summed E-state index contributed by atoms with van der Waals surface area (Å²) in [6.45, 7) is 0.123. The summed E-state index contributed by atoms with van der Waals surface area (Å²) in [6.07, 6.45) is 1.69. The minimum Gasteiger partial charge on any atom is -0.483 e. The monoisotopic (exact) mass is 232 g/mol. The number of nitrogens with zero attached hydrogens (tertiary/aromatic N) is 4. The van der Waals surface area contributed by atoms with Gasteiger partial charge in [0.05, 0.1) is 16.7 Å². The molecule has 0 radical (unpaired) electrons. The third-order valence-corrected chi connectivity index (χ3v) is 2.44. The number of rotatable bonds is 1. The van der Waals surface area contributed by atoms with Gasteiger partial charge in [-0.2, -0.15) is 10.3 Å². The van der Waals surface area contributed by atoms with Crippen molar-refractivity contribution in [3.63, 3.8) is 0 Å². The Kier molecular flexibility index (Phi) is 2.62. The van der Waals surface area contributed by atoms with Gasteiger partial charge in [0.25, 0.3) is 5.69 Å². The van der Waals surface area contributed by atoms with E-state index in [0.717, 1.165) is 0 Å². The van der Waals surface area contributed by atoms with E-state index in [-0.39, 0.29) is 12.3 Å². The van der Waals surface area contributed by atoms with Gasteiger partial charge in [0.15, 0.2) is 11.6 Å². The summed E-state index contributed by atoms with van der Waals surface area (Å²) in [5.74, 6) is 0.882. The van der Waals surface area contributed by atoms with E-state index < -0.39 is 4.92 Å². The van der Waals surface area contributed by atoms with Gasteiger partial charge in [-0.1, -0.05) is 0 Å². The van der Waals surface area contributed by atoms with Gasteiger partial charge in [-0.3, -0.25) is 10.1 Å². The first-order valence-electron chi connectivity index (χ1n) is 4.74. The zero-order chi connectivity index (χ0) is 12.4. The molecule has 0 aromatic heterocycles. The number of hydrogen-bond acceptors (Lipinski definition) is 5. The van der Waals surface area contributed by atoms with E-state index in [1.54, 1.807) is 24.2 Å². The van der Waals surface area contributed by atoms with E-state index in [1.165, 1.54) is 12.1 Å². The summed E-state index contributed by atoms with van der Waals surface area (Å²) < 4.78 is 5.32. The number of likely N-dealkylation sites (N-methyl/N-ethyl adjacent to an activating group) is 1. The molecule has 0 aliphatic carbocycles. The van der Waals surface area contributed by atoms with Crippen LogP contribution in [0.15, 0.2) is 23.2 Å². The second kappa shape index (κ2) is 4.09. The minimum atomic E-state index is -0.484. The van der Waals surface area contributed by atoms with Crippen LogP contribution in [0, 0.1) is 21.6 Å².